The van der Waals surface area contributed by atoms with Crippen molar-refractivity contribution in [3.05, 3.63) is 29.3 Å². The molecule has 1 atom stereocenters. The summed E-state index contributed by atoms with van der Waals surface area (Å²) >= 11 is 0. The van der Waals surface area contributed by atoms with Crippen LogP contribution >= 0.6 is 0 Å². The van der Waals surface area contributed by atoms with Gasteiger partial charge in [-0.3, -0.25) is 4.79 Å². The topological polar surface area (TPSA) is 46.3 Å². The Morgan fingerprint density at radius 3 is 2.71 bits per heavy atom. The van der Waals surface area contributed by atoms with E-state index in [4.69, 9.17) is 5.73 Å². The Hall–Kier alpha value is -1.35. The maximum absolute atomic E-state index is 11.8. The molecule has 3 nitrogen and oxygen atoms in total. The van der Waals surface area contributed by atoms with Gasteiger partial charge in [-0.15, -0.1) is 0 Å². The lowest BCUT2D eigenvalue weighted by Gasteiger charge is -2.16. The predicted octanol–water partition coefficient (Wildman–Crippen LogP) is 1.15. The first-order valence-electron chi connectivity index (χ1n) is 4.63. The number of fused-ring (bicyclic) bond motifs is 1. The fourth-order valence-electron chi connectivity index (χ4n) is 1.93. The molecule has 1 aromatic rings. The van der Waals surface area contributed by atoms with Crippen molar-refractivity contribution in [1.82, 2.24) is 0 Å². The van der Waals surface area contributed by atoms with E-state index in [0.29, 0.717) is 0 Å². The molecule has 2 rings (SSSR count). The lowest BCUT2D eigenvalue weighted by molar-refractivity contribution is -0.122. The predicted molar refractivity (Wildman–Crippen MR) is 56.1 cm³/mol. The molecule has 0 spiro atoms. The minimum absolute atomic E-state index is 0.0434. The van der Waals surface area contributed by atoms with E-state index in [2.05, 4.69) is 0 Å². The Morgan fingerprint density at radius 1 is 1.43 bits per heavy atom. The lowest BCUT2D eigenvalue weighted by atomic mass is 9.94. The number of aryl methyl sites for hydroxylation is 1. The van der Waals surface area contributed by atoms with Gasteiger partial charge in [0.05, 0.1) is 0 Å². The molecule has 74 valence electrons. The molecule has 0 aromatic heterocycles. The second-order valence-electron chi connectivity index (χ2n) is 4.09. The van der Waals surface area contributed by atoms with E-state index >= 15 is 0 Å². The fourth-order valence-corrected chi connectivity index (χ4v) is 1.93. The summed E-state index contributed by atoms with van der Waals surface area (Å²) in [5.41, 5.74) is 8.11. The number of benzene rings is 1. The van der Waals surface area contributed by atoms with Crippen LogP contribution in [0.4, 0.5) is 5.69 Å². The molecule has 1 aliphatic heterocycles. The van der Waals surface area contributed by atoms with Gasteiger partial charge in [-0.25, -0.2) is 0 Å². The number of likely N-dealkylation sites (N-methyl/N-ethyl adjacent to an activating group) is 1. The molecule has 0 fully saturated rings. The van der Waals surface area contributed by atoms with Gasteiger partial charge in [0.1, 0.15) is 5.54 Å². The van der Waals surface area contributed by atoms with Gasteiger partial charge >= 0.3 is 0 Å². The van der Waals surface area contributed by atoms with Crippen LogP contribution < -0.4 is 10.6 Å². The van der Waals surface area contributed by atoms with Crippen LogP contribution in [0.2, 0.25) is 0 Å². The van der Waals surface area contributed by atoms with E-state index in [1.165, 1.54) is 0 Å². The summed E-state index contributed by atoms with van der Waals surface area (Å²) < 4.78 is 0. The quantitative estimate of drug-likeness (QED) is 0.667. The van der Waals surface area contributed by atoms with Crippen LogP contribution in [0.1, 0.15) is 18.1 Å². The van der Waals surface area contributed by atoms with E-state index in [1.807, 2.05) is 25.1 Å². The minimum Gasteiger partial charge on any atom is -0.314 e. The third kappa shape index (κ3) is 0.990. The third-order valence-corrected chi connectivity index (χ3v) is 2.82. The van der Waals surface area contributed by atoms with Crippen LogP contribution in [0.5, 0.6) is 0 Å². The minimum atomic E-state index is -0.865. The van der Waals surface area contributed by atoms with E-state index < -0.39 is 5.54 Å². The van der Waals surface area contributed by atoms with Gasteiger partial charge in [0, 0.05) is 18.3 Å². The van der Waals surface area contributed by atoms with Gasteiger partial charge < -0.3 is 10.6 Å². The fraction of sp³-hybridized carbons (Fsp3) is 0.364. The standard InChI is InChI=1S/C11H14N2O/c1-7-4-5-9-8(6-7)11(2,12)10(14)13(9)3/h4-6H,12H2,1-3H3. The van der Waals surface area contributed by atoms with Crippen molar-refractivity contribution < 1.29 is 4.79 Å². The molecule has 1 amide bonds. The molecular weight excluding hydrogens is 176 g/mol. The summed E-state index contributed by atoms with van der Waals surface area (Å²) in [5.74, 6) is -0.0434. The van der Waals surface area contributed by atoms with Crippen molar-refractivity contribution in [2.45, 2.75) is 19.4 Å². The number of rotatable bonds is 0. The number of hydrogen-bond acceptors (Lipinski definition) is 2. The smallest absolute Gasteiger partial charge is 0.251 e. The van der Waals surface area contributed by atoms with Crippen molar-refractivity contribution >= 4 is 11.6 Å². The largest absolute Gasteiger partial charge is 0.314 e. The second kappa shape index (κ2) is 2.58. The van der Waals surface area contributed by atoms with Crippen LogP contribution in [-0.4, -0.2) is 13.0 Å². The highest BCUT2D eigenvalue weighted by molar-refractivity contribution is 6.06. The maximum Gasteiger partial charge on any atom is 0.251 e. The summed E-state index contributed by atoms with van der Waals surface area (Å²) in [6.45, 7) is 3.76. The highest BCUT2D eigenvalue weighted by Gasteiger charge is 2.42. The number of carbonyl (C=O) groups is 1. The summed E-state index contributed by atoms with van der Waals surface area (Å²) in [6.07, 6.45) is 0. The molecule has 1 aliphatic rings. The average Bonchev–Trinajstić information content (AvgIpc) is 2.29. The van der Waals surface area contributed by atoms with Crippen LogP contribution in [0.15, 0.2) is 18.2 Å². The van der Waals surface area contributed by atoms with E-state index in [9.17, 15) is 4.79 Å². The van der Waals surface area contributed by atoms with Gasteiger partial charge in [-0.2, -0.15) is 0 Å². The monoisotopic (exact) mass is 190 g/mol. The Bertz CT molecular complexity index is 410. The molecule has 0 saturated carbocycles. The van der Waals surface area contributed by atoms with Crippen LogP contribution in [0.3, 0.4) is 0 Å². The first-order valence-corrected chi connectivity index (χ1v) is 4.63. The van der Waals surface area contributed by atoms with E-state index in [1.54, 1.807) is 18.9 Å². The summed E-state index contributed by atoms with van der Waals surface area (Å²) in [6, 6.07) is 5.92. The van der Waals surface area contributed by atoms with Crippen molar-refractivity contribution in [3.63, 3.8) is 0 Å². The zero-order valence-corrected chi connectivity index (χ0v) is 8.66. The molecule has 0 saturated heterocycles. The van der Waals surface area contributed by atoms with Crippen LogP contribution in [-0.2, 0) is 10.3 Å². The number of nitrogens with two attached hydrogens (primary N) is 1. The molecule has 2 N–H and O–H groups in total. The number of nitrogens with zero attached hydrogens (tertiary/aromatic N) is 1. The summed E-state index contributed by atoms with van der Waals surface area (Å²) in [5, 5.41) is 0. The normalized spacial score (nSPS) is 25.4. The summed E-state index contributed by atoms with van der Waals surface area (Å²) in [4.78, 5) is 13.4. The van der Waals surface area contributed by atoms with Crippen LogP contribution in [0.25, 0.3) is 0 Å². The number of anilines is 1. The molecule has 1 heterocycles. The first-order chi connectivity index (χ1) is 6.44. The van der Waals surface area contributed by atoms with Crippen LogP contribution in [0, 0.1) is 6.92 Å². The molecule has 1 unspecified atom stereocenters. The Kier molecular flexibility index (Phi) is 1.70. The average molecular weight is 190 g/mol. The van der Waals surface area contributed by atoms with E-state index in [0.717, 1.165) is 16.8 Å². The number of carbonyl (C=O) groups excluding carboxylic acids is 1. The molecule has 3 heteroatoms. The molecule has 0 bridgehead atoms. The lowest BCUT2D eigenvalue weighted by Crippen LogP contribution is -2.43. The highest BCUT2D eigenvalue weighted by Crippen LogP contribution is 2.37. The Labute approximate surface area is 83.5 Å². The van der Waals surface area contributed by atoms with Gasteiger partial charge in [0.15, 0.2) is 0 Å². The first kappa shape index (κ1) is 9.21. The van der Waals surface area contributed by atoms with Crippen molar-refractivity contribution in [2.24, 2.45) is 5.73 Å². The molecule has 1 aromatic carbocycles. The second-order valence-corrected chi connectivity index (χ2v) is 4.09. The van der Waals surface area contributed by atoms with Crippen molar-refractivity contribution in [2.75, 3.05) is 11.9 Å². The molecule has 0 radical (unpaired) electrons. The highest BCUT2D eigenvalue weighted by atomic mass is 16.2. The zero-order valence-electron chi connectivity index (χ0n) is 8.66. The van der Waals surface area contributed by atoms with E-state index in [-0.39, 0.29) is 5.91 Å². The summed E-state index contributed by atoms with van der Waals surface area (Å²) in [7, 11) is 1.76. The maximum atomic E-state index is 11.8. The third-order valence-electron chi connectivity index (χ3n) is 2.82. The Morgan fingerprint density at radius 2 is 2.07 bits per heavy atom. The van der Waals surface area contributed by atoms with Crippen molar-refractivity contribution in [3.8, 4) is 0 Å². The Balaban J connectivity index is 2.69. The van der Waals surface area contributed by atoms with Gasteiger partial charge in [-0.05, 0) is 19.9 Å². The molecule has 0 aliphatic carbocycles. The molecule has 14 heavy (non-hydrogen) atoms. The molecular formula is C11H14N2O. The number of amides is 1. The van der Waals surface area contributed by atoms with Gasteiger partial charge in [0.25, 0.3) is 5.91 Å². The number of hydrogen-bond donors (Lipinski definition) is 1. The van der Waals surface area contributed by atoms with Gasteiger partial charge in [-0.1, -0.05) is 17.7 Å². The van der Waals surface area contributed by atoms with Gasteiger partial charge in [0.2, 0.25) is 0 Å². The zero-order chi connectivity index (χ0) is 10.5. The van der Waals surface area contributed by atoms with Crippen molar-refractivity contribution in [1.29, 1.82) is 0 Å². The SMILES string of the molecule is Cc1ccc2c(c1)C(C)(N)C(=O)N2C.